The van der Waals surface area contributed by atoms with E-state index in [9.17, 15) is 5.11 Å². The fourth-order valence-electron chi connectivity index (χ4n) is 2.73. The van der Waals surface area contributed by atoms with Crippen LogP contribution in [-0.4, -0.2) is 15.1 Å². The number of hydrogen-bond acceptors (Lipinski definition) is 3. The molecule has 1 N–H and O–H groups in total. The van der Waals surface area contributed by atoms with Gasteiger partial charge in [-0.25, -0.2) is 0 Å². The van der Waals surface area contributed by atoms with Gasteiger partial charge in [0.1, 0.15) is 5.75 Å². The van der Waals surface area contributed by atoms with Crippen LogP contribution in [0.2, 0.25) is 0 Å². The third-order valence-corrected chi connectivity index (χ3v) is 3.68. The number of fused-ring (bicyclic) bond motifs is 3. The van der Waals surface area contributed by atoms with Crippen LogP contribution >= 0.6 is 0 Å². The predicted octanol–water partition coefficient (Wildman–Crippen LogP) is 4.16. The molecule has 0 saturated carbocycles. The predicted molar refractivity (Wildman–Crippen MR) is 84.1 cm³/mol. The molecule has 0 amide bonds. The molecule has 4 aromatic rings. The molecule has 0 aliphatic heterocycles. The summed E-state index contributed by atoms with van der Waals surface area (Å²) in [7, 11) is 0. The van der Waals surface area contributed by atoms with Gasteiger partial charge in [-0.1, -0.05) is 24.3 Å². The first-order chi connectivity index (χ1) is 10.3. The SMILES string of the molecule is Oc1ccccc1-c1ccnc2ccc3ncccc3c12. The number of pyridine rings is 2. The maximum absolute atomic E-state index is 10.2. The van der Waals surface area contributed by atoms with Crippen LogP contribution in [0.3, 0.4) is 0 Å². The summed E-state index contributed by atoms with van der Waals surface area (Å²) in [6.45, 7) is 0. The Balaban J connectivity index is 2.19. The van der Waals surface area contributed by atoms with Gasteiger partial charge in [0.2, 0.25) is 0 Å². The van der Waals surface area contributed by atoms with Crippen LogP contribution in [0.15, 0.2) is 67.0 Å². The highest BCUT2D eigenvalue weighted by Crippen LogP contribution is 2.36. The molecule has 3 nitrogen and oxygen atoms in total. The van der Waals surface area contributed by atoms with Gasteiger partial charge in [0.05, 0.1) is 11.0 Å². The van der Waals surface area contributed by atoms with Gasteiger partial charge in [-0.2, -0.15) is 0 Å². The highest BCUT2D eigenvalue weighted by molar-refractivity contribution is 6.12. The third kappa shape index (κ3) is 1.82. The smallest absolute Gasteiger partial charge is 0.123 e. The molecule has 3 heteroatoms. The zero-order valence-electron chi connectivity index (χ0n) is 11.2. The van der Waals surface area contributed by atoms with Gasteiger partial charge >= 0.3 is 0 Å². The molecule has 0 spiro atoms. The topological polar surface area (TPSA) is 46.0 Å². The molecule has 2 heterocycles. The number of aromatic hydroxyl groups is 1. The minimum atomic E-state index is 0.269. The first kappa shape index (κ1) is 11.9. The number of benzene rings is 2. The summed E-state index contributed by atoms with van der Waals surface area (Å²) in [6, 6.07) is 17.2. The Kier molecular flexibility index (Phi) is 2.57. The lowest BCUT2D eigenvalue weighted by Gasteiger charge is -2.10. The van der Waals surface area contributed by atoms with Gasteiger partial charge in [0.15, 0.2) is 0 Å². The highest BCUT2D eigenvalue weighted by Gasteiger charge is 2.11. The van der Waals surface area contributed by atoms with E-state index in [4.69, 9.17) is 0 Å². The van der Waals surface area contributed by atoms with E-state index in [1.54, 1.807) is 18.5 Å². The quantitative estimate of drug-likeness (QED) is 0.529. The van der Waals surface area contributed by atoms with E-state index in [0.29, 0.717) is 0 Å². The number of rotatable bonds is 1. The van der Waals surface area contributed by atoms with Crippen LogP contribution in [0.25, 0.3) is 32.9 Å². The summed E-state index contributed by atoms with van der Waals surface area (Å²) < 4.78 is 0. The zero-order chi connectivity index (χ0) is 14.2. The highest BCUT2D eigenvalue weighted by atomic mass is 16.3. The second kappa shape index (κ2) is 4.56. The van der Waals surface area contributed by atoms with E-state index in [2.05, 4.69) is 9.97 Å². The molecule has 0 atom stereocenters. The van der Waals surface area contributed by atoms with Gasteiger partial charge in [0.25, 0.3) is 0 Å². The van der Waals surface area contributed by atoms with Gasteiger partial charge in [-0.15, -0.1) is 0 Å². The van der Waals surface area contributed by atoms with Crippen molar-refractivity contribution in [2.45, 2.75) is 0 Å². The Bertz CT molecular complexity index is 963. The van der Waals surface area contributed by atoms with E-state index in [0.717, 1.165) is 32.9 Å². The van der Waals surface area contributed by atoms with Crippen LogP contribution in [0.5, 0.6) is 5.75 Å². The Morgan fingerprint density at radius 3 is 2.38 bits per heavy atom. The van der Waals surface area contributed by atoms with Crippen molar-refractivity contribution < 1.29 is 5.11 Å². The summed E-state index contributed by atoms with van der Waals surface area (Å²) >= 11 is 0. The van der Waals surface area contributed by atoms with Crippen molar-refractivity contribution in [3.05, 3.63) is 67.0 Å². The van der Waals surface area contributed by atoms with Gasteiger partial charge in [-0.05, 0) is 35.9 Å². The minimum Gasteiger partial charge on any atom is -0.507 e. The van der Waals surface area contributed by atoms with Crippen LogP contribution in [0.1, 0.15) is 0 Å². The van der Waals surface area contributed by atoms with E-state index in [1.165, 1.54) is 0 Å². The summed E-state index contributed by atoms with van der Waals surface area (Å²) in [5.74, 6) is 0.269. The fourth-order valence-corrected chi connectivity index (χ4v) is 2.73. The van der Waals surface area contributed by atoms with Crippen molar-refractivity contribution in [1.29, 1.82) is 0 Å². The number of phenolic OH excluding ortho intramolecular Hbond substituents is 1. The maximum Gasteiger partial charge on any atom is 0.123 e. The molecule has 2 aromatic heterocycles. The van der Waals surface area contributed by atoms with Crippen molar-refractivity contribution >= 4 is 21.8 Å². The number of nitrogens with zero attached hydrogens (tertiary/aromatic N) is 2. The van der Waals surface area contributed by atoms with Crippen molar-refractivity contribution in [2.75, 3.05) is 0 Å². The van der Waals surface area contributed by atoms with Crippen molar-refractivity contribution in [2.24, 2.45) is 0 Å². The van der Waals surface area contributed by atoms with Crippen LogP contribution < -0.4 is 0 Å². The van der Waals surface area contributed by atoms with Crippen molar-refractivity contribution in [3.63, 3.8) is 0 Å². The summed E-state index contributed by atoms with van der Waals surface area (Å²) in [5, 5.41) is 12.2. The average Bonchev–Trinajstić information content (AvgIpc) is 2.54. The molecule has 4 rings (SSSR count). The van der Waals surface area contributed by atoms with Crippen LogP contribution in [0, 0.1) is 0 Å². The summed E-state index contributed by atoms with van der Waals surface area (Å²) in [5.41, 5.74) is 3.60. The largest absolute Gasteiger partial charge is 0.507 e. The molecular weight excluding hydrogens is 260 g/mol. The molecule has 21 heavy (non-hydrogen) atoms. The van der Waals surface area contributed by atoms with Gasteiger partial charge in [0, 0.05) is 28.7 Å². The van der Waals surface area contributed by atoms with Crippen molar-refractivity contribution in [1.82, 2.24) is 9.97 Å². The lowest BCUT2D eigenvalue weighted by Crippen LogP contribution is -1.88. The number of hydrogen-bond donors (Lipinski definition) is 1. The standard InChI is InChI=1S/C18H12N2O/c21-17-6-2-1-4-12(17)13-9-11-20-16-8-7-15-14(18(13)16)5-3-10-19-15/h1-11,21H. The van der Waals surface area contributed by atoms with Crippen LogP contribution in [-0.2, 0) is 0 Å². The molecule has 0 unspecified atom stereocenters. The molecule has 100 valence electrons. The average molecular weight is 272 g/mol. The van der Waals surface area contributed by atoms with E-state index in [1.807, 2.05) is 48.5 Å². The molecular formula is C18H12N2O. The third-order valence-electron chi connectivity index (χ3n) is 3.68. The molecule has 0 saturated heterocycles. The Hall–Kier alpha value is -2.94. The first-order valence-corrected chi connectivity index (χ1v) is 6.75. The normalized spacial score (nSPS) is 11.0. The Morgan fingerprint density at radius 2 is 1.48 bits per heavy atom. The molecule has 0 bridgehead atoms. The van der Waals surface area contributed by atoms with E-state index >= 15 is 0 Å². The van der Waals surface area contributed by atoms with E-state index in [-0.39, 0.29) is 5.75 Å². The maximum atomic E-state index is 10.2. The van der Waals surface area contributed by atoms with Gasteiger partial charge in [-0.3, -0.25) is 9.97 Å². The molecule has 0 aliphatic rings. The lowest BCUT2D eigenvalue weighted by atomic mass is 9.97. The lowest BCUT2D eigenvalue weighted by molar-refractivity contribution is 0.477. The van der Waals surface area contributed by atoms with E-state index < -0.39 is 0 Å². The summed E-state index contributed by atoms with van der Waals surface area (Å²) in [6.07, 6.45) is 3.55. The Labute approximate surface area is 121 Å². The molecule has 0 radical (unpaired) electrons. The second-order valence-corrected chi connectivity index (χ2v) is 4.91. The monoisotopic (exact) mass is 272 g/mol. The number of para-hydroxylation sites is 1. The van der Waals surface area contributed by atoms with Crippen molar-refractivity contribution in [3.8, 4) is 16.9 Å². The fraction of sp³-hybridized carbons (Fsp3) is 0. The number of phenols is 1. The second-order valence-electron chi connectivity index (χ2n) is 4.91. The molecule has 0 aliphatic carbocycles. The zero-order valence-corrected chi connectivity index (χ0v) is 11.2. The Morgan fingerprint density at radius 1 is 0.667 bits per heavy atom. The van der Waals surface area contributed by atoms with Gasteiger partial charge < -0.3 is 5.11 Å². The number of aromatic nitrogens is 2. The molecule has 2 aromatic carbocycles. The van der Waals surface area contributed by atoms with Crippen LogP contribution in [0.4, 0.5) is 0 Å². The summed E-state index contributed by atoms with van der Waals surface area (Å²) in [4.78, 5) is 8.84. The first-order valence-electron chi connectivity index (χ1n) is 6.75. The molecule has 0 fully saturated rings. The minimum absolute atomic E-state index is 0.269.